The summed E-state index contributed by atoms with van der Waals surface area (Å²) < 4.78 is 0.304. The van der Waals surface area contributed by atoms with Gasteiger partial charge in [0.15, 0.2) is 4.34 Å². The lowest BCUT2D eigenvalue weighted by Crippen LogP contribution is -2.23. The standard InChI is InChI=1S/C4H5NS26/c1-2-3(25(8,9)29(17,18)28(15,16)24(6)7)5-4(23-2)26(10,11)30(19,20)31(21,22)27(12,13)14/h24H,1H3,(H,12,13,14). The minimum absolute atomic E-state index is 0.304. The van der Waals surface area contributed by atoms with Crippen LogP contribution >= 0.6 is 23.0 Å². The second-order valence-electron chi connectivity index (χ2n) is 4.55. The zero-order valence-electron chi connectivity index (χ0n) is 13.6. The van der Waals surface area contributed by atoms with Gasteiger partial charge in [0.1, 0.15) is 5.03 Å². The molecule has 0 unspecified atom stereocenters. The Balaban J connectivity index is 4.00. The summed E-state index contributed by atoms with van der Waals surface area (Å²) >= 11 is 94.3. The van der Waals surface area contributed by atoms with E-state index in [1.807, 2.05) is 0 Å². The summed E-state index contributed by atoms with van der Waals surface area (Å²) in [5.74, 6) is 0. The van der Waals surface area contributed by atoms with E-state index in [0.29, 0.717) is 14.2 Å². The molecule has 1 heterocycles. The average molecular weight is 901 g/mol. The highest BCUT2D eigenvalue weighted by Gasteiger charge is 2.33. The van der Waals surface area contributed by atoms with Crippen LogP contribution in [0.1, 0.15) is 4.88 Å². The van der Waals surface area contributed by atoms with E-state index in [9.17, 15) is 0 Å². The van der Waals surface area contributed by atoms with Gasteiger partial charge in [-0.15, -0.1) is 11.3 Å². The van der Waals surface area contributed by atoms with E-state index in [1.165, 1.54) is 11.3 Å². The Morgan fingerprint density at radius 2 is 1.13 bits per heavy atom. The number of hydrogen-bond donors (Lipinski definition) is 2. The topological polar surface area (TPSA) is 12.9 Å². The average Bonchev–Trinajstić information content (AvgIpc) is 2.96. The van der Waals surface area contributed by atoms with Gasteiger partial charge in [0.2, 0.25) is 0 Å². The maximum absolute atomic E-state index is 5.76. The molecule has 0 radical (unpaired) electrons. The number of aryl methyl sites for hydroxylation is 1. The lowest BCUT2D eigenvalue weighted by atomic mass is 10.6. The van der Waals surface area contributed by atoms with Crippen LogP contribution in [0.4, 0.5) is 0 Å². The summed E-state index contributed by atoms with van der Waals surface area (Å²) in [5, 5.41) is -13.2. The molecule has 0 aliphatic heterocycles. The third-order valence-electron chi connectivity index (χ3n) is 2.67. The number of hydrogen-bond acceptors (Lipinski definition) is 18. The van der Waals surface area contributed by atoms with Crippen molar-refractivity contribution in [1.29, 1.82) is 0 Å². The van der Waals surface area contributed by atoms with E-state index in [-0.39, 0.29) is 0 Å². The first kappa shape index (κ1) is 35.3. The molecule has 0 bridgehead atoms. The first-order valence-corrected chi connectivity index (χ1v) is 38.7. The van der Waals surface area contributed by atoms with E-state index in [0.717, 1.165) is 0 Å². The predicted octanol–water partition coefficient (Wildman–Crippen LogP) is 1.32. The van der Waals surface area contributed by atoms with Gasteiger partial charge in [-0.05, 0) is 193 Å². The Kier molecular flexibility index (Phi) is 13.3. The van der Waals surface area contributed by atoms with E-state index in [4.69, 9.17) is 179 Å². The quantitative estimate of drug-likeness (QED) is 0.288. The van der Waals surface area contributed by atoms with Gasteiger partial charge < -0.3 is 0 Å². The Labute approximate surface area is 267 Å². The zero-order valence-corrected chi connectivity index (χ0v) is 35.0. The molecule has 182 valence electrons. The molecule has 0 saturated heterocycles. The molecule has 0 spiro atoms. The Morgan fingerprint density at radius 3 is 1.48 bits per heavy atom. The molecule has 0 amide bonds. The predicted molar refractivity (Wildman–Crippen MR) is 211 cm³/mol. The minimum atomic E-state index is -2.85. The molecule has 0 N–H and O–H groups in total. The molecule has 1 aromatic heterocycles. The maximum atomic E-state index is 5.76. The summed E-state index contributed by atoms with van der Waals surface area (Å²) in [5.41, 5.74) is 0. The molecule has 31 heavy (non-hydrogen) atoms. The van der Waals surface area contributed by atoms with Crippen molar-refractivity contribution in [3.05, 3.63) is 4.88 Å². The molecular weight excluding hydrogens is 896 g/mol. The van der Waals surface area contributed by atoms with Crippen LogP contribution in [0.3, 0.4) is 0 Å². The smallest absolute Gasteiger partial charge is 0.170 e. The first-order valence-electron chi connectivity index (χ1n) is 5.91. The molecule has 1 nitrogen and oxygen atoms in total. The van der Waals surface area contributed by atoms with Gasteiger partial charge in [0.05, 0.1) is 0 Å². The van der Waals surface area contributed by atoms with Crippen molar-refractivity contribution < 1.29 is 0 Å². The Morgan fingerprint density at radius 1 is 0.710 bits per heavy atom. The van der Waals surface area contributed by atoms with Crippen molar-refractivity contribution in [3.8, 4) is 0 Å². The SMILES string of the molecule is Cc1sc(S(=S)(=S)S(=S)(=S)S(=S)(=S)S(=S)(=S)S)nc1S(=S)(=S)S(=S)(=S)S(=S)(=S)[SH](=S)=S. The fourth-order valence-corrected chi connectivity index (χ4v) is 97.9. The largest absolute Gasteiger partial charge is 0.220 e. The molecule has 0 saturated carbocycles. The summed E-state index contributed by atoms with van der Waals surface area (Å²) in [4.78, 5) is 5.24. The van der Waals surface area contributed by atoms with Crippen molar-refractivity contribution in [2.75, 3.05) is 0 Å². The highest BCUT2D eigenvalue weighted by Crippen LogP contribution is 2.37. The van der Waals surface area contributed by atoms with Gasteiger partial charge in [0, 0.05) is 43.3 Å². The van der Waals surface area contributed by atoms with Crippen molar-refractivity contribution in [2.24, 2.45) is 0 Å². The van der Waals surface area contributed by atoms with Crippen LogP contribution < -0.4 is 0 Å². The lowest BCUT2D eigenvalue weighted by molar-refractivity contribution is 1.08. The van der Waals surface area contributed by atoms with Crippen molar-refractivity contribution >= 4 is 247 Å². The van der Waals surface area contributed by atoms with Crippen LogP contribution in [0.15, 0.2) is 9.37 Å². The number of rotatable bonds is 8. The Hall–Kier alpha value is 6.30. The van der Waals surface area contributed by atoms with Crippen LogP contribution in [0.25, 0.3) is 0 Å². The molecule has 0 aliphatic rings. The molecular formula is C4H5NS26. The molecule has 1 aromatic rings. The highest BCUT2D eigenvalue weighted by atomic mass is 34.2. The fourth-order valence-electron chi connectivity index (χ4n) is 1.28. The van der Waals surface area contributed by atoms with Gasteiger partial charge in [0.25, 0.3) is 0 Å². The number of thiazole rings is 1. The molecule has 27 heteroatoms. The molecule has 0 atom stereocenters. The van der Waals surface area contributed by atoms with Gasteiger partial charge in [-0.3, -0.25) is 0 Å². The summed E-state index contributed by atoms with van der Waals surface area (Å²) in [6.45, 7) is 1.75. The van der Waals surface area contributed by atoms with E-state index in [1.54, 1.807) is 6.92 Å². The molecule has 0 aliphatic carbocycles. The lowest BCUT2D eigenvalue weighted by Gasteiger charge is -2.22. The van der Waals surface area contributed by atoms with Crippen LogP contribution in [0.5, 0.6) is 0 Å². The molecule has 0 aromatic carbocycles. The maximum Gasteiger partial charge on any atom is 0.170 e. The fraction of sp³-hybridized carbons (Fsp3) is 0.250. The second-order valence-corrected chi connectivity index (χ2v) is 81.3. The summed E-state index contributed by atoms with van der Waals surface area (Å²) in [7, 11) is -1.61. The van der Waals surface area contributed by atoms with Crippen molar-refractivity contribution in [3.63, 3.8) is 0 Å². The van der Waals surface area contributed by atoms with Crippen LogP contribution in [-0.4, -0.2) is 4.98 Å². The van der Waals surface area contributed by atoms with Gasteiger partial charge in [-0.1, -0.05) is 11.7 Å². The van der Waals surface area contributed by atoms with Gasteiger partial charge >= 0.3 is 0 Å². The summed E-state index contributed by atoms with van der Waals surface area (Å²) in [6.07, 6.45) is -5.57. The zero-order chi connectivity index (χ0) is 25.2. The van der Waals surface area contributed by atoms with Crippen molar-refractivity contribution in [2.45, 2.75) is 16.3 Å². The van der Waals surface area contributed by atoms with Crippen LogP contribution in [0.2, 0.25) is 0 Å². The third kappa shape index (κ3) is 6.46. The van der Waals surface area contributed by atoms with Gasteiger partial charge in [-0.2, -0.15) is 0 Å². The van der Waals surface area contributed by atoms with Crippen molar-refractivity contribution in [1.82, 2.24) is 4.98 Å². The number of nitrogens with zero attached hydrogens (tertiary/aromatic N) is 1. The minimum Gasteiger partial charge on any atom is -0.220 e. The van der Waals surface area contributed by atoms with Gasteiger partial charge in [-0.25, -0.2) is 4.98 Å². The Bertz CT molecular complexity index is 1750. The number of aromatic nitrogens is 1. The monoisotopic (exact) mass is 898 g/mol. The van der Waals surface area contributed by atoms with E-state index < -0.39 is 45.5 Å². The summed E-state index contributed by atoms with van der Waals surface area (Å²) in [6, 6.07) is 0. The van der Waals surface area contributed by atoms with E-state index in [2.05, 4.69) is 16.6 Å². The molecule has 1 rings (SSSR count). The third-order valence-corrected chi connectivity index (χ3v) is 118. The normalized spacial score (nSPS) is 15.2. The highest BCUT2D eigenvalue weighted by molar-refractivity contribution is 9.56. The van der Waals surface area contributed by atoms with Crippen LogP contribution in [0, 0.1) is 6.92 Å². The second kappa shape index (κ2) is 11.7. The van der Waals surface area contributed by atoms with Crippen LogP contribution in [-0.2, 0) is 224 Å². The molecule has 0 fully saturated rings. The van der Waals surface area contributed by atoms with E-state index >= 15 is 0 Å². The first-order chi connectivity index (χ1) is 13.3. The number of thiol groups is 2.